The normalized spacial score (nSPS) is 19.2. The van der Waals surface area contributed by atoms with Crippen molar-refractivity contribution >= 4 is 22.5 Å². The van der Waals surface area contributed by atoms with Crippen molar-refractivity contribution in [2.75, 3.05) is 18.5 Å². The summed E-state index contributed by atoms with van der Waals surface area (Å²) < 4.78 is 19.2. The van der Waals surface area contributed by atoms with E-state index in [2.05, 4.69) is 10.2 Å². The van der Waals surface area contributed by atoms with E-state index in [1.165, 1.54) is 33.3 Å². The van der Waals surface area contributed by atoms with Crippen molar-refractivity contribution in [3.63, 3.8) is 0 Å². The molecule has 7 nitrogen and oxygen atoms in total. The number of carbonyl (C=O) groups is 1. The maximum atomic E-state index is 13.1. The number of aliphatic hydroxyl groups is 1. The highest BCUT2D eigenvalue weighted by Gasteiger charge is 2.39. The number of halogens is 1. The summed E-state index contributed by atoms with van der Waals surface area (Å²) in [6, 6.07) is 5.44. The van der Waals surface area contributed by atoms with Crippen LogP contribution in [0.4, 0.5) is 14.3 Å². The average Bonchev–Trinajstić information content (AvgIpc) is 3.10. The smallest absolute Gasteiger partial charge is 0.328 e. The summed E-state index contributed by atoms with van der Waals surface area (Å²) in [6.45, 7) is 6.19. The lowest BCUT2D eigenvalue weighted by Crippen LogP contribution is -2.34. The van der Waals surface area contributed by atoms with Crippen molar-refractivity contribution in [1.82, 2.24) is 15.1 Å². The van der Waals surface area contributed by atoms with Crippen LogP contribution >= 0.6 is 11.3 Å². The standard InChI is InChI=1S/C17H21FN4O3S/c1-17(2,3)13(25-11-7-5-10(18)6-8-11)14-19-20-15(26-14)22-12(23)9-21(4)16(22)24/h5-8,12-13,23H,9H2,1-4H3. The minimum absolute atomic E-state index is 0.211. The van der Waals surface area contributed by atoms with Gasteiger partial charge < -0.3 is 14.7 Å². The highest BCUT2D eigenvalue weighted by atomic mass is 32.1. The Morgan fingerprint density at radius 1 is 1.31 bits per heavy atom. The summed E-state index contributed by atoms with van der Waals surface area (Å²) in [4.78, 5) is 14.8. The van der Waals surface area contributed by atoms with Gasteiger partial charge in [0.1, 0.15) is 11.6 Å². The molecule has 1 aliphatic heterocycles. The fourth-order valence-corrected chi connectivity index (χ4v) is 3.76. The number of aromatic nitrogens is 2. The van der Waals surface area contributed by atoms with Crippen LogP contribution in [0, 0.1) is 11.2 Å². The molecular formula is C17H21FN4O3S. The molecule has 140 valence electrons. The molecule has 1 fully saturated rings. The second-order valence-corrected chi connectivity index (χ2v) is 8.24. The number of nitrogens with zero attached hydrogens (tertiary/aromatic N) is 4. The third-order valence-electron chi connectivity index (χ3n) is 3.98. The molecule has 26 heavy (non-hydrogen) atoms. The highest BCUT2D eigenvalue weighted by molar-refractivity contribution is 7.15. The SMILES string of the molecule is CN1CC(O)N(c2nnc(C(Oc3ccc(F)cc3)C(C)(C)C)s2)C1=O. The van der Waals surface area contributed by atoms with Gasteiger partial charge in [-0.3, -0.25) is 0 Å². The van der Waals surface area contributed by atoms with Gasteiger partial charge >= 0.3 is 6.03 Å². The summed E-state index contributed by atoms with van der Waals surface area (Å²) in [5, 5.41) is 19.2. The molecule has 2 amide bonds. The number of hydrogen-bond acceptors (Lipinski definition) is 6. The molecule has 1 aliphatic rings. The number of hydrogen-bond donors (Lipinski definition) is 1. The van der Waals surface area contributed by atoms with Crippen LogP contribution in [0.2, 0.25) is 0 Å². The lowest BCUT2D eigenvalue weighted by atomic mass is 9.89. The summed E-state index contributed by atoms with van der Waals surface area (Å²) in [7, 11) is 1.61. The van der Waals surface area contributed by atoms with Crippen LogP contribution in [0.3, 0.4) is 0 Å². The van der Waals surface area contributed by atoms with E-state index in [0.717, 1.165) is 0 Å². The van der Waals surface area contributed by atoms with Crippen LogP contribution in [0.1, 0.15) is 31.9 Å². The number of carbonyl (C=O) groups excluding carboxylic acids is 1. The molecule has 2 heterocycles. The third kappa shape index (κ3) is 3.63. The van der Waals surface area contributed by atoms with Gasteiger partial charge in [-0.1, -0.05) is 32.1 Å². The van der Waals surface area contributed by atoms with Crippen LogP contribution in [-0.2, 0) is 0 Å². The van der Waals surface area contributed by atoms with Crippen molar-refractivity contribution in [3.05, 3.63) is 35.1 Å². The number of rotatable bonds is 4. The van der Waals surface area contributed by atoms with Crippen molar-refractivity contribution in [2.45, 2.75) is 33.1 Å². The zero-order valence-corrected chi connectivity index (χ0v) is 15.8. The lowest BCUT2D eigenvalue weighted by molar-refractivity contribution is 0.0859. The molecular weight excluding hydrogens is 359 g/mol. The number of benzene rings is 1. The van der Waals surface area contributed by atoms with Gasteiger partial charge in [0, 0.05) is 12.5 Å². The quantitative estimate of drug-likeness (QED) is 0.882. The number of amides is 2. The van der Waals surface area contributed by atoms with Crippen molar-refractivity contribution < 1.29 is 19.0 Å². The van der Waals surface area contributed by atoms with Gasteiger partial charge in [0.2, 0.25) is 5.13 Å². The van der Waals surface area contributed by atoms with Crippen molar-refractivity contribution in [1.29, 1.82) is 0 Å². The van der Waals surface area contributed by atoms with Crippen LogP contribution in [-0.4, -0.2) is 46.1 Å². The second-order valence-electron chi connectivity index (χ2n) is 7.25. The summed E-state index contributed by atoms with van der Waals surface area (Å²) in [5.74, 6) is 0.175. The Labute approximate surface area is 155 Å². The van der Waals surface area contributed by atoms with Crippen LogP contribution in [0.15, 0.2) is 24.3 Å². The van der Waals surface area contributed by atoms with Gasteiger partial charge in [-0.05, 0) is 24.3 Å². The molecule has 3 rings (SSSR count). The van der Waals surface area contributed by atoms with Crippen LogP contribution < -0.4 is 9.64 Å². The highest BCUT2D eigenvalue weighted by Crippen LogP contribution is 2.40. The Bertz CT molecular complexity index is 790. The van der Waals surface area contributed by atoms with E-state index in [0.29, 0.717) is 15.9 Å². The minimum Gasteiger partial charge on any atom is -0.483 e. The number of ether oxygens (including phenoxy) is 1. The van der Waals surface area contributed by atoms with E-state index < -0.39 is 12.3 Å². The molecule has 2 unspecified atom stereocenters. The molecule has 2 aromatic rings. The monoisotopic (exact) mass is 380 g/mol. The predicted octanol–water partition coefficient (Wildman–Crippen LogP) is 3.03. The number of β-amino-alcohol motifs (C(OH)–C–C–N with tert-alkyl or cyclic N) is 1. The van der Waals surface area contributed by atoms with Gasteiger partial charge in [-0.2, -0.15) is 0 Å². The van der Waals surface area contributed by atoms with E-state index in [1.807, 2.05) is 20.8 Å². The topological polar surface area (TPSA) is 78.8 Å². The van der Waals surface area contributed by atoms with Crippen LogP contribution in [0.5, 0.6) is 5.75 Å². The Hall–Kier alpha value is -2.26. The van der Waals surface area contributed by atoms with Gasteiger partial charge in [0.05, 0.1) is 6.54 Å². The first-order valence-corrected chi connectivity index (χ1v) is 8.96. The fraction of sp³-hybridized carbons (Fsp3) is 0.471. The number of urea groups is 1. The maximum Gasteiger partial charge on any atom is 0.328 e. The molecule has 9 heteroatoms. The molecule has 1 saturated heterocycles. The van der Waals surface area contributed by atoms with E-state index in [9.17, 15) is 14.3 Å². The number of anilines is 1. The molecule has 0 spiro atoms. The number of likely N-dealkylation sites (N-methyl/N-ethyl adjacent to an activating group) is 1. The Kier molecular flexibility index (Phi) is 4.85. The van der Waals surface area contributed by atoms with Gasteiger partial charge in [0.15, 0.2) is 17.3 Å². The molecule has 0 aliphatic carbocycles. The van der Waals surface area contributed by atoms with E-state index in [1.54, 1.807) is 19.2 Å². The Morgan fingerprint density at radius 3 is 2.50 bits per heavy atom. The molecule has 1 N–H and O–H groups in total. The predicted molar refractivity (Wildman–Crippen MR) is 95.6 cm³/mol. The third-order valence-corrected chi connectivity index (χ3v) is 4.95. The second kappa shape index (κ2) is 6.81. The van der Waals surface area contributed by atoms with Gasteiger partial charge in [-0.15, -0.1) is 10.2 Å². The lowest BCUT2D eigenvalue weighted by Gasteiger charge is -2.29. The molecule has 0 radical (unpaired) electrons. The molecule has 0 bridgehead atoms. The first-order valence-electron chi connectivity index (χ1n) is 8.15. The van der Waals surface area contributed by atoms with Gasteiger partial charge in [-0.25, -0.2) is 14.1 Å². The zero-order chi connectivity index (χ0) is 19.1. The van der Waals surface area contributed by atoms with E-state index >= 15 is 0 Å². The Morgan fingerprint density at radius 2 is 1.96 bits per heavy atom. The summed E-state index contributed by atoms with van der Waals surface area (Å²) in [5.41, 5.74) is -0.324. The zero-order valence-electron chi connectivity index (χ0n) is 15.0. The molecule has 1 aromatic heterocycles. The van der Waals surface area contributed by atoms with Gasteiger partial charge in [0.25, 0.3) is 0 Å². The fourth-order valence-electron chi connectivity index (χ4n) is 2.60. The first kappa shape index (κ1) is 18.5. The Balaban J connectivity index is 1.88. The maximum absolute atomic E-state index is 13.1. The van der Waals surface area contributed by atoms with Crippen LogP contribution in [0.25, 0.3) is 0 Å². The summed E-state index contributed by atoms with van der Waals surface area (Å²) >= 11 is 1.19. The molecule has 1 aromatic carbocycles. The first-order chi connectivity index (χ1) is 12.2. The molecule has 0 saturated carbocycles. The van der Waals surface area contributed by atoms with Crippen molar-refractivity contribution in [3.8, 4) is 5.75 Å². The largest absolute Gasteiger partial charge is 0.483 e. The molecule has 2 atom stereocenters. The van der Waals surface area contributed by atoms with E-state index in [4.69, 9.17) is 4.74 Å². The average molecular weight is 380 g/mol. The van der Waals surface area contributed by atoms with Crippen molar-refractivity contribution in [2.24, 2.45) is 5.41 Å². The van der Waals surface area contributed by atoms with E-state index in [-0.39, 0.29) is 23.8 Å². The minimum atomic E-state index is -0.959. The summed E-state index contributed by atoms with van der Waals surface area (Å²) in [6.07, 6.45) is -1.41. The number of aliphatic hydroxyl groups excluding tert-OH is 1.